The van der Waals surface area contributed by atoms with Crippen LogP contribution < -0.4 is 14.8 Å². The Morgan fingerprint density at radius 2 is 1.89 bits per heavy atom. The first kappa shape index (κ1) is 17.9. The smallest absolute Gasteiger partial charge is 0.133 e. The van der Waals surface area contributed by atoms with E-state index >= 15 is 0 Å². The predicted octanol–water partition coefficient (Wildman–Crippen LogP) is 4.18. The molecule has 0 aliphatic carbocycles. The van der Waals surface area contributed by atoms with Crippen LogP contribution in [0.5, 0.6) is 11.5 Å². The second kappa shape index (κ2) is 7.65. The van der Waals surface area contributed by atoms with Crippen molar-refractivity contribution in [2.24, 2.45) is 0 Å². The van der Waals surface area contributed by atoms with Gasteiger partial charge in [-0.1, -0.05) is 0 Å². The fraction of sp³-hybridized carbons (Fsp3) is 0.273. The molecule has 6 nitrogen and oxygen atoms in total. The average Bonchev–Trinajstić information content (AvgIpc) is 2.93. The van der Waals surface area contributed by atoms with Crippen molar-refractivity contribution in [2.75, 3.05) is 26.1 Å². The van der Waals surface area contributed by atoms with E-state index in [1.54, 1.807) is 14.2 Å². The van der Waals surface area contributed by atoms with E-state index in [2.05, 4.69) is 11.4 Å². The molecule has 4 rings (SSSR count). The van der Waals surface area contributed by atoms with Crippen molar-refractivity contribution in [1.29, 1.82) is 5.26 Å². The molecule has 0 saturated heterocycles. The van der Waals surface area contributed by atoms with Crippen LogP contribution >= 0.6 is 0 Å². The maximum Gasteiger partial charge on any atom is 0.133 e. The van der Waals surface area contributed by atoms with E-state index < -0.39 is 0 Å². The summed E-state index contributed by atoms with van der Waals surface area (Å²) < 4.78 is 12.9. The highest BCUT2D eigenvalue weighted by Gasteiger charge is 2.23. The van der Waals surface area contributed by atoms with Gasteiger partial charge in [-0.25, -0.2) is 4.68 Å². The van der Waals surface area contributed by atoms with Crippen molar-refractivity contribution >= 4 is 5.82 Å². The van der Waals surface area contributed by atoms with Gasteiger partial charge in [0.1, 0.15) is 23.0 Å². The Kier molecular flexibility index (Phi) is 4.90. The summed E-state index contributed by atoms with van der Waals surface area (Å²) >= 11 is 0. The van der Waals surface area contributed by atoms with Crippen LogP contribution in [0.4, 0.5) is 5.82 Å². The normalized spacial score (nSPS) is 13.0. The van der Waals surface area contributed by atoms with Crippen molar-refractivity contribution in [3.05, 3.63) is 53.6 Å². The number of nitrogens with one attached hydrogen (secondary N) is 1. The zero-order valence-electron chi connectivity index (χ0n) is 16.0. The van der Waals surface area contributed by atoms with E-state index in [-0.39, 0.29) is 0 Å². The van der Waals surface area contributed by atoms with Crippen LogP contribution in [0.3, 0.4) is 0 Å². The third-order valence-electron chi connectivity index (χ3n) is 5.03. The summed E-state index contributed by atoms with van der Waals surface area (Å²) in [5.41, 5.74) is 4.59. The molecule has 0 atom stereocenters. The summed E-state index contributed by atoms with van der Waals surface area (Å²) in [6.07, 6.45) is 3.16. The van der Waals surface area contributed by atoms with Crippen molar-refractivity contribution in [1.82, 2.24) is 9.78 Å². The molecule has 0 unspecified atom stereocenters. The maximum absolute atomic E-state index is 9.07. The summed E-state index contributed by atoms with van der Waals surface area (Å²) in [4.78, 5) is 0. The highest BCUT2D eigenvalue weighted by molar-refractivity contribution is 5.76. The minimum absolute atomic E-state index is 0.631. The number of benzene rings is 2. The SMILES string of the molecule is COc1ccc(-c2nn(-c3ccc(C#N)cc3)c3c2CCCCN3)c(OC)c1. The van der Waals surface area contributed by atoms with Gasteiger partial charge >= 0.3 is 0 Å². The maximum atomic E-state index is 9.07. The third kappa shape index (κ3) is 3.16. The lowest BCUT2D eigenvalue weighted by Crippen LogP contribution is -2.07. The molecular formula is C22H22N4O2. The Bertz CT molecular complexity index is 1030. The highest BCUT2D eigenvalue weighted by atomic mass is 16.5. The number of anilines is 1. The predicted molar refractivity (Wildman–Crippen MR) is 108 cm³/mol. The first-order valence-corrected chi connectivity index (χ1v) is 9.34. The lowest BCUT2D eigenvalue weighted by atomic mass is 10.0. The summed E-state index contributed by atoms with van der Waals surface area (Å²) in [7, 11) is 3.30. The highest BCUT2D eigenvalue weighted by Crippen LogP contribution is 2.39. The van der Waals surface area contributed by atoms with Crippen LogP contribution in [0.15, 0.2) is 42.5 Å². The van der Waals surface area contributed by atoms with Gasteiger partial charge in [-0.15, -0.1) is 0 Å². The van der Waals surface area contributed by atoms with E-state index in [0.29, 0.717) is 5.56 Å². The number of nitriles is 1. The van der Waals surface area contributed by atoms with Crippen molar-refractivity contribution < 1.29 is 9.47 Å². The van der Waals surface area contributed by atoms with Gasteiger partial charge in [-0.2, -0.15) is 10.4 Å². The number of rotatable bonds is 4. The average molecular weight is 374 g/mol. The molecule has 3 aromatic rings. The largest absolute Gasteiger partial charge is 0.497 e. The van der Waals surface area contributed by atoms with Crippen LogP contribution in [0.2, 0.25) is 0 Å². The monoisotopic (exact) mass is 374 g/mol. The van der Waals surface area contributed by atoms with E-state index in [0.717, 1.165) is 60.1 Å². The number of ether oxygens (including phenoxy) is 2. The zero-order chi connectivity index (χ0) is 19.5. The van der Waals surface area contributed by atoms with Gasteiger partial charge in [0.25, 0.3) is 0 Å². The van der Waals surface area contributed by atoms with Crippen LogP contribution in [-0.4, -0.2) is 30.5 Å². The fourth-order valence-corrected chi connectivity index (χ4v) is 3.58. The van der Waals surface area contributed by atoms with Crippen molar-refractivity contribution in [3.63, 3.8) is 0 Å². The molecule has 142 valence electrons. The number of aromatic nitrogens is 2. The van der Waals surface area contributed by atoms with Crippen LogP contribution in [0.1, 0.15) is 24.0 Å². The number of nitrogens with zero attached hydrogens (tertiary/aromatic N) is 3. The van der Waals surface area contributed by atoms with Crippen molar-refractivity contribution in [3.8, 4) is 34.5 Å². The molecule has 28 heavy (non-hydrogen) atoms. The number of hydrogen-bond acceptors (Lipinski definition) is 5. The third-order valence-corrected chi connectivity index (χ3v) is 5.03. The Labute approximate surface area is 164 Å². The van der Waals surface area contributed by atoms with Crippen LogP contribution in [-0.2, 0) is 6.42 Å². The van der Waals surface area contributed by atoms with Gasteiger partial charge < -0.3 is 14.8 Å². The molecule has 1 N–H and O–H groups in total. The lowest BCUT2D eigenvalue weighted by Gasteiger charge is -2.10. The first-order chi connectivity index (χ1) is 13.7. The first-order valence-electron chi connectivity index (χ1n) is 9.34. The number of fused-ring (bicyclic) bond motifs is 1. The Morgan fingerprint density at radius 3 is 2.61 bits per heavy atom. The fourth-order valence-electron chi connectivity index (χ4n) is 3.58. The molecule has 1 aliphatic heterocycles. The van der Waals surface area contributed by atoms with Gasteiger partial charge in [0.05, 0.1) is 31.5 Å². The quantitative estimate of drug-likeness (QED) is 0.742. The second-order valence-electron chi connectivity index (χ2n) is 6.70. The van der Waals surface area contributed by atoms with Gasteiger partial charge in [0, 0.05) is 23.7 Å². The summed E-state index contributed by atoms with van der Waals surface area (Å²) in [6.45, 7) is 0.911. The molecule has 1 aliphatic rings. The van der Waals surface area contributed by atoms with Crippen molar-refractivity contribution in [2.45, 2.75) is 19.3 Å². The molecule has 0 bridgehead atoms. The van der Waals surface area contributed by atoms with E-state index in [1.165, 1.54) is 5.56 Å². The second-order valence-corrected chi connectivity index (χ2v) is 6.70. The van der Waals surface area contributed by atoms with Crippen LogP contribution in [0.25, 0.3) is 16.9 Å². The van der Waals surface area contributed by atoms with E-state index in [4.69, 9.17) is 19.8 Å². The van der Waals surface area contributed by atoms with Gasteiger partial charge in [0.15, 0.2) is 0 Å². The Hall–Kier alpha value is -3.46. The minimum atomic E-state index is 0.631. The molecule has 0 saturated carbocycles. The topological polar surface area (TPSA) is 72.1 Å². The van der Waals surface area contributed by atoms with Gasteiger partial charge in [0.2, 0.25) is 0 Å². The summed E-state index contributed by atoms with van der Waals surface area (Å²) in [5.74, 6) is 2.49. The Balaban J connectivity index is 1.89. The molecule has 2 heterocycles. The summed E-state index contributed by atoms with van der Waals surface area (Å²) in [6, 6.07) is 15.4. The molecule has 1 aromatic heterocycles. The van der Waals surface area contributed by atoms with Gasteiger partial charge in [-0.05, 0) is 55.7 Å². The Morgan fingerprint density at radius 1 is 1.07 bits per heavy atom. The number of methoxy groups -OCH3 is 2. The van der Waals surface area contributed by atoms with Gasteiger partial charge in [-0.3, -0.25) is 0 Å². The molecule has 6 heteroatoms. The van der Waals surface area contributed by atoms with Crippen LogP contribution in [0, 0.1) is 11.3 Å². The molecule has 0 radical (unpaired) electrons. The molecular weight excluding hydrogens is 352 g/mol. The standard InChI is InChI=1S/C22H22N4O2/c1-27-17-10-11-18(20(13-17)28-2)21-19-5-3-4-12-24-22(19)26(25-21)16-8-6-15(14-23)7-9-16/h6-11,13,24H,3-5,12H2,1-2H3. The zero-order valence-corrected chi connectivity index (χ0v) is 16.0. The molecule has 2 aromatic carbocycles. The minimum Gasteiger partial charge on any atom is -0.497 e. The molecule has 0 amide bonds. The number of hydrogen-bond donors (Lipinski definition) is 1. The summed E-state index contributed by atoms with van der Waals surface area (Å²) in [5, 5.41) is 17.6. The lowest BCUT2D eigenvalue weighted by molar-refractivity contribution is 0.395. The van der Waals surface area contributed by atoms with E-state index in [9.17, 15) is 0 Å². The molecule has 0 spiro atoms. The molecule has 0 fully saturated rings. The van der Waals surface area contributed by atoms with E-state index in [1.807, 2.05) is 47.1 Å².